The molecule has 4 rings (SSSR count). The first-order chi connectivity index (χ1) is 14.4. The highest BCUT2D eigenvalue weighted by Gasteiger charge is 2.34. The van der Waals surface area contributed by atoms with Crippen molar-refractivity contribution in [2.75, 3.05) is 19.2 Å². The maximum Gasteiger partial charge on any atom is 0.238 e. The molecule has 0 aromatic heterocycles. The van der Waals surface area contributed by atoms with Gasteiger partial charge >= 0.3 is 0 Å². The molecule has 1 saturated heterocycles. The Hall–Kier alpha value is -3.53. The SMILES string of the molecule is CN1C(=O)C[C@@H](C(=O)Nc2ccc(C(=O)[O-])cc2)SC1=Nc1ccc2c(c1)OCO2. The van der Waals surface area contributed by atoms with Gasteiger partial charge in [0.1, 0.15) is 5.25 Å². The van der Waals surface area contributed by atoms with Gasteiger partial charge in [0.2, 0.25) is 18.6 Å². The monoisotopic (exact) mass is 426 g/mol. The fourth-order valence-corrected chi connectivity index (χ4v) is 3.94. The number of carbonyl (C=O) groups excluding carboxylic acids is 3. The largest absolute Gasteiger partial charge is 0.545 e. The lowest BCUT2D eigenvalue weighted by atomic mass is 10.2. The molecule has 2 aromatic carbocycles. The van der Waals surface area contributed by atoms with Crippen LogP contribution in [0.1, 0.15) is 16.8 Å². The van der Waals surface area contributed by atoms with Gasteiger partial charge in [-0.3, -0.25) is 14.5 Å². The summed E-state index contributed by atoms with van der Waals surface area (Å²) in [6.07, 6.45) is 0.0181. The number of nitrogens with zero attached hydrogens (tertiary/aromatic N) is 2. The molecule has 0 radical (unpaired) electrons. The Morgan fingerprint density at radius 3 is 2.63 bits per heavy atom. The van der Waals surface area contributed by atoms with Crippen LogP contribution in [0.4, 0.5) is 11.4 Å². The molecule has 2 aliphatic rings. The standard InChI is InChI=1S/C20H17N3O6S/c1-23-17(24)9-16(18(25)21-12-4-2-11(3-5-12)19(26)27)30-20(23)22-13-6-7-14-15(8-13)29-10-28-14/h2-8,16H,9-10H2,1H3,(H,21,25)(H,26,27)/p-1/t16-/m0/s1. The number of amides is 2. The molecule has 0 saturated carbocycles. The third kappa shape index (κ3) is 4.08. The van der Waals surface area contributed by atoms with E-state index in [1.54, 1.807) is 25.2 Å². The van der Waals surface area contributed by atoms with Gasteiger partial charge in [-0.15, -0.1) is 0 Å². The summed E-state index contributed by atoms with van der Waals surface area (Å²) in [5.41, 5.74) is 1.00. The molecule has 9 nitrogen and oxygen atoms in total. The molecule has 2 heterocycles. The first-order valence-corrected chi connectivity index (χ1v) is 9.82. The smallest absolute Gasteiger partial charge is 0.238 e. The van der Waals surface area contributed by atoms with Crippen molar-refractivity contribution in [1.82, 2.24) is 4.90 Å². The van der Waals surface area contributed by atoms with Gasteiger partial charge in [0.15, 0.2) is 16.7 Å². The molecule has 0 spiro atoms. The van der Waals surface area contributed by atoms with Crippen molar-refractivity contribution in [2.45, 2.75) is 11.7 Å². The highest BCUT2D eigenvalue weighted by molar-refractivity contribution is 8.15. The lowest BCUT2D eigenvalue weighted by molar-refractivity contribution is -0.255. The average Bonchev–Trinajstić information content (AvgIpc) is 3.19. The first kappa shape index (κ1) is 19.8. The molecule has 2 aromatic rings. The van der Waals surface area contributed by atoms with Gasteiger partial charge < -0.3 is 24.7 Å². The van der Waals surface area contributed by atoms with Crippen LogP contribution < -0.4 is 19.9 Å². The van der Waals surface area contributed by atoms with Crippen LogP contribution in [0, 0.1) is 0 Å². The van der Waals surface area contributed by atoms with E-state index in [0.717, 1.165) is 0 Å². The van der Waals surface area contributed by atoms with E-state index in [0.29, 0.717) is 28.0 Å². The minimum Gasteiger partial charge on any atom is -0.545 e. The molecule has 0 bridgehead atoms. The number of hydrogen-bond donors (Lipinski definition) is 1. The summed E-state index contributed by atoms with van der Waals surface area (Å²) in [4.78, 5) is 41.8. The molecule has 10 heteroatoms. The summed E-state index contributed by atoms with van der Waals surface area (Å²) in [7, 11) is 1.61. The van der Waals surface area contributed by atoms with Gasteiger partial charge in [-0.1, -0.05) is 23.9 Å². The van der Waals surface area contributed by atoms with Crippen LogP contribution in [0.5, 0.6) is 11.5 Å². The van der Waals surface area contributed by atoms with Gasteiger partial charge in [-0.2, -0.15) is 0 Å². The quantitative estimate of drug-likeness (QED) is 0.784. The Kier molecular flexibility index (Phi) is 5.32. The number of thioether (sulfide) groups is 1. The van der Waals surface area contributed by atoms with E-state index in [-0.39, 0.29) is 30.6 Å². The number of anilines is 1. The van der Waals surface area contributed by atoms with E-state index in [2.05, 4.69) is 10.3 Å². The number of carboxylic acid groups (broad SMARTS) is 1. The van der Waals surface area contributed by atoms with Crippen molar-refractivity contribution in [1.29, 1.82) is 0 Å². The minimum atomic E-state index is -1.30. The summed E-state index contributed by atoms with van der Waals surface area (Å²) >= 11 is 1.17. The normalized spacial score (nSPS) is 19.1. The van der Waals surface area contributed by atoms with Crippen molar-refractivity contribution < 1.29 is 29.0 Å². The molecule has 1 fully saturated rings. The fourth-order valence-electron chi connectivity index (χ4n) is 2.88. The van der Waals surface area contributed by atoms with Crippen molar-refractivity contribution >= 4 is 46.1 Å². The van der Waals surface area contributed by atoms with E-state index in [9.17, 15) is 19.5 Å². The number of aromatic carboxylic acids is 1. The Morgan fingerprint density at radius 1 is 1.17 bits per heavy atom. The number of fused-ring (bicyclic) bond motifs is 1. The zero-order valence-corrected chi connectivity index (χ0v) is 16.6. The van der Waals surface area contributed by atoms with E-state index in [1.165, 1.54) is 40.9 Å². The number of amidine groups is 1. The number of benzene rings is 2. The molecule has 154 valence electrons. The first-order valence-electron chi connectivity index (χ1n) is 8.94. The number of nitrogens with one attached hydrogen (secondary N) is 1. The zero-order valence-electron chi connectivity index (χ0n) is 15.8. The number of rotatable bonds is 4. The Labute approximate surface area is 175 Å². The van der Waals surface area contributed by atoms with Crippen LogP contribution in [0.2, 0.25) is 0 Å². The van der Waals surface area contributed by atoms with Crippen LogP contribution in [-0.2, 0) is 9.59 Å². The summed E-state index contributed by atoms with van der Waals surface area (Å²) in [5.74, 6) is -0.710. The summed E-state index contributed by atoms with van der Waals surface area (Å²) in [6.45, 7) is 0.148. The molecule has 1 atom stereocenters. The molecule has 2 aliphatic heterocycles. The third-order valence-electron chi connectivity index (χ3n) is 4.53. The Morgan fingerprint density at radius 2 is 1.90 bits per heavy atom. The second-order valence-electron chi connectivity index (χ2n) is 6.55. The zero-order chi connectivity index (χ0) is 21.3. The summed E-state index contributed by atoms with van der Waals surface area (Å²) < 4.78 is 10.6. The molecular weight excluding hydrogens is 410 g/mol. The van der Waals surface area contributed by atoms with E-state index in [4.69, 9.17) is 9.47 Å². The molecule has 2 amide bonds. The highest BCUT2D eigenvalue weighted by Crippen LogP contribution is 2.36. The van der Waals surface area contributed by atoms with Gasteiger partial charge in [0.25, 0.3) is 0 Å². The van der Waals surface area contributed by atoms with Crippen LogP contribution in [0.3, 0.4) is 0 Å². The Bertz CT molecular complexity index is 1050. The van der Waals surface area contributed by atoms with Gasteiger partial charge in [0, 0.05) is 25.2 Å². The predicted octanol–water partition coefficient (Wildman–Crippen LogP) is 1.37. The van der Waals surface area contributed by atoms with Crippen LogP contribution >= 0.6 is 11.8 Å². The number of ether oxygens (including phenoxy) is 2. The van der Waals surface area contributed by atoms with E-state index < -0.39 is 11.2 Å². The molecule has 1 N–H and O–H groups in total. The lowest BCUT2D eigenvalue weighted by Crippen LogP contribution is -2.43. The van der Waals surface area contributed by atoms with Crippen molar-refractivity contribution in [3.05, 3.63) is 48.0 Å². The van der Waals surface area contributed by atoms with Crippen LogP contribution in [0.15, 0.2) is 47.5 Å². The molecule has 30 heavy (non-hydrogen) atoms. The van der Waals surface area contributed by atoms with Crippen molar-refractivity contribution in [3.63, 3.8) is 0 Å². The third-order valence-corrected chi connectivity index (χ3v) is 5.77. The van der Waals surface area contributed by atoms with Crippen LogP contribution in [-0.4, -0.2) is 46.9 Å². The van der Waals surface area contributed by atoms with Crippen LogP contribution in [0.25, 0.3) is 0 Å². The number of carbonyl (C=O) groups is 3. The van der Waals surface area contributed by atoms with Gasteiger partial charge in [0.05, 0.1) is 11.7 Å². The summed E-state index contributed by atoms with van der Waals surface area (Å²) in [5, 5.41) is 13.2. The second kappa shape index (κ2) is 8.07. The van der Waals surface area contributed by atoms with Gasteiger partial charge in [-0.05, 0) is 29.8 Å². The number of carboxylic acids is 1. The molecule has 0 aliphatic carbocycles. The van der Waals surface area contributed by atoms with E-state index >= 15 is 0 Å². The topological polar surface area (TPSA) is 120 Å². The van der Waals surface area contributed by atoms with E-state index in [1.807, 2.05) is 0 Å². The van der Waals surface area contributed by atoms with Crippen molar-refractivity contribution in [3.8, 4) is 11.5 Å². The predicted molar refractivity (Wildman–Crippen MR) is 108 cm³/mol. The minimum absolute atomic E-state index is 0.00925. The average molecular weight is 426 g/mol. The molecular formula is C20H16N3O6S-. The Balaban J connectivity index is 1.50. The van der Waals surface area contributed by atoms with Crippen molar-refractivity contribution in [2.24, 2.45) is 4.99 Å². The number of aliphatic imine (C=N–C) groups is 1. The molecule has 0 unspecified atom stereocenters. The highest BCUT2D eigenvalue weighted by atomic mass is 32.2. The maximum atomic E-state index is 12.7. The fraction of sp³-hybridized carbons (Fsp3) is 0.200. The lowest BCUT2D eigenvalue weighted by Gasteiger charge is -2.28. The maximum absolute atomic E-state index is 12.7. The number of hydrogen-bond acceptors (Lipinski definition) is 8. The second-order valence-corrected chi connectivity index (χ2v) is 7.72. The van der Waals surface area contributed by atoms with Gasteiger partial charge in [-0.25, -0.2) is 4.99 Å². The summed E-state index contributed by atoms with van der Waals surface area (Å²) in [6, 6.07) is 10.8.